The maximum atomic E-state index is 15.5. The van der Waals surface area contributed by atoms with Crippen molar-refractivity contribution in [1.82, 2.24) is 57.5 Å². The minimum atomic E-state index is -1.49. The third-order valence-electron chi connectivity index (χ3n) is 17.6. The Morgan fingerprint density at radius 2 is 0.706 bits per heavy atom. The number of rotatable bonds is 45. The Labute approximate surface area is 591 Å². The molecule has 0 saturated heterocycles. The first-order chi connectivity index (χ1) is 48.9. The minimum absolute atomic E-state index is 0.00818. The van der Waals surface area contributed by atoms with Crippen molar-refractivity contribution in [3.63, 3.8) is 0 Å². The molecule has 33 nitrogen and oxygen atoms in total. The van der Waals surface area contributed by atoms with Gasteiger partial charge in [0.2, 0.25) is 47.3 Å². The molecule has 0 unspecified atom stereocenters. The number of benzene rings is 3. The first-order valence-electron chi connectivity index (χ1n) is 34.5. The number of para-hydroxylation sites is 3. The van der Waals surface area contributed by atoms with Crippen molar-refractivity contribution < 1.29 is 48.3 Å². The van der Waals surface area contributed by atoms with Crippen LogP contribution in [0, 0.1) is 5.92 Å². The van der Waals surface area contributed by atoms with Gasteiger partial charge in [0.25, 0.3) is 0 Å². The number of aromatic amines is 3. The Balaban J connectivity index is 1.34. The van der Waals surface area contributed by atoms with E-state index in [4.69, 9.17) is 51.6 Å². The topological polar surface area (TPSA) is 589 Å². The van der Waals surface area contributed by atoms with Gasteiger partial charge >= 0.3 is 5.97 Å². The van der Waals surface area contributed by atoms with Crippen molar-refractivity contribution in [2.45, 2.75) is 171 Å². The van der Waals surface area contributed by atoms with Crippen molar-refractivity contribution in [2.24, 2.45) is 72.5 Å². The van der Waals surface area contributed by atoms with E-state index in [1.165, 1.54) is 0 Å². The number of fused-ring (bicyclic) bond motifs is 3. The number of nitrogens with zero attached hydrogens (tertiary/aromatic N) is 3. The largest absolute Gasteiger partial charge is 0.480 e. The van der Waals surface area contributed by atoms with Crippen molar-refractivity contribution in [2.75, 3.05) is 32.7 Å². The summed E-state index contributed by atoms with van der Waals surface area (Å²) in [4.78, 5) is 153. The molecule has 0 spiro atoms. The van der Waals surface area contributed by atoms with Gasteiger partial charge in [-0.2, -0.15) is 0 Å². The Kier molecular flexibility index (Phi) is 32.3. The first kappa shape index (κ1) is 80.2. The highest BCUT2D eigenvalue weighted by atomic mass is 16.4. The highest BCUT2D eigenvalue weighted by Gasteiger charge is 2.37. The third-order valence-corrected chi connectivity index (χ3v) is 17.6. The molecule has 6 aromatic rings. The molecule has 0 saturated carbocycles. The number of aromatic nitrogens is 3. The average Bonchev–Trinajstić information content (AvgIpc) is 1.63. The predicted molar refractivity (Wildman–Crippen MR) is 392 cm³/mol. The van der Waals surface area contributed by atoms with Gasteiger partial charge in [-0.25, -0.2) is 4.79 Å². The van der Waals surface area contributed by atoms with E-state index in [0.29, 0.717) is 72.8 Å². The summed E-state index contributed by atoms with van der Waals surface area (Å²) in [6, 6.07) is 9.77. The van der Waals surface area contributed by atoms with Gasteiger partial charge in [0.05, 0.1) is 6.04 Å². The molecule has 6 rings (SSSR count). The molecule has 102 heavy (non-hydrogen) atoms. The Morgan fingerprint density at radius 1 is 0.402 bits per heavy atom. The lowest BCUT2D eigenvalue weighted by Gasteiger charge is -2.30. The fourth-order valence-electron chi connectivity index (χ4n) is 11.8. The molecule has 0 aliphatic rings. The number of carbonyl (C=O) groups is 9. The normalized spacial score (nSPS) is 14.2. The van der Waals surface area contributed by atoms with Crippen LogP contribution in [0.1, 0.15) is 114 Å². The van der Waals surface area contributed by atoms with Crippen LogP contribution in [0.25, 0.3) is 32.7 Å². The second-order valence-electron chi connectivity index (χ2n) is 25.4. The van der Waals surface area contributed by atoms with E-state index < -0.39 is 114 Å². The molecule has 33 heteroatoms. The summed E-state index contributed by atoms with van der Waals surface area (Å²) < 4.78 is 0. The summed E-state index contributed by atoms with van der Waals surface area (Å²) in [6.45, 7) is 4.31. The smallest absolute Gasteiger partial charge is 0.326 e. The summed E-state index contributed by atoms with van der Waals surface area (Å²) in [7, 11) is 0. The van der Waals surface area contributed by atoms with Gasteiger partial charge in [0.1, 0.15) is 48.3 Å². The number of guanidine groups is 3. The van der Waals surface area contributed by atoms with Crippen LogP contribution >= 0.6 is 0 Å². The summed E-state index contributed by atoms with van der Waals surface area (Å²) in [5, 5.41) is 34.8. The molecule has 8 amide bonds. The number of nitrogens with one attached hydrogen (secondary N) is 11. The molecule has 0 aliphatic heterocycles. The van der Waals surface area contributed by atoms with Crippen molar-refractivity contribution >= 4 is 104 Å². The number of hydrogen-bond acceptors (Lipinski definition) is 15. The lowest BCUT2D eigenvalue weighted by atomic mass is 9.96. The quantitative estimate of drug-likeness (QED) is 0.0123. The molecule has 0 fully saturated rings. The maximum absolute atomic E-state index is 15.5. The van der Waals surface area contributed by atoms with Gasteiger partial charge < -0.3 is 114 Å². The number of carboxylic acids is 1. The molecular weight excluding hydrogens is 1310 g/mol. The molecule has 0 bridgehead atoms. The van der Waals surface area contributed by atoms with Crippen LogP contribution in [0.15, 0.2) is 106 Å². The summed E-state index contributed by atoms with van der Waals surface area (Å²) in [5.74, 6) is -8.99. The van der Waals surface area contributed by atoms with Gasteiger partial charge in [0, 0.05) is 90.2 Å². The van der Waals surface area contributed by atoms with E-state index in [1.807, 2.05) is 66.7 Å². The number of amides is 8. The highest BCUT2D eigenvalue weighted by molar-refractivity contribution is 5.99. The number of aliphatic carboxylic acids is 1. The monoisotopic (exact) mass is 1410 g/mol. The van der Waals surface area contributed by atoms with Crippen LogP contribution in [-0.2, 0) is 62.4 Å². The molecule has 30 N–H and O–H groups in total. The van der Waals surface area contributed by atoms with Gasteiger partial charge in [0.15, 0.2) is 17.9 Å². The van der Waals surface area contributed by atoms with Crippen molar-refractivity contribution in [1.29, 1.82) is 0 Å². The average molecular weight is 1410 g/mol. The first-order valence-corrected chi connectivity index (χ1v) is 34.5. The van der Waals surface area contributed by atoms with E-state index in [9.17, 15) is 29.1 Å². The second kappa shape index (κ2) is 41.1. The maximum Gasteiger partial charge on any atom is 0.326 e. The summed E-state index contributed by atoms with van der Waals surface area (Å²) >= 11 is 0. The summed E-state index contributed by atoms with van der Waals surface area (Å²) in [6.07, 6.45) is 7.61. The number of carboxylic acid groups (broad SMARTS) is 1. The third kappa shape index (κ3) is 25.1. The number of H-pyrrole nitrogens is 3. The SMILES string of the molecule is CC[C@H](C)[C@H](NC(=O)[C@H](CCCN=C(N)N)NC(=O)[C@H](CCCN=C(N)N)NC(=O)[C@H](CCCN=C(N)N)NC(=O)[C@@H](N)CCCCN)C(=O)N[C@@H](Cc1c[nH]c2ccccc12)C(=O)N[C@@H](Cc1c[nH]c2ccccc12)C(=O)N[C@@H](Cc1c[nH]c2ccccc12)C(=O)N[C@@H](CCCCN)C(=O)O. The molecule has 3 aromatic carbocycles. The predicted octanol–water partition coefficient (Wildman–Crippen LogP) is -1.09. The van der Waals surface area contributed by atoms with Crippen LogP contribution in [0.2, 0.25) is 0 Å². The molecule has 3 aromatic heterocycles. The highest BCUT2D eigenvalue weighted by Crippen LogP contribution is 2.24. The number of aliphatic imine (C=N–C) groups is 3. The number of nitrogens with two attached hydrogens (primary N) is 9. The van der Waals surface area contributed by atoms with Crippen LogP contribution < -0.4 is 94.1 Å². The van der Waals surface area contributed by atoms with Gasteiger partial charge in [-0.3, -0.25) is 53.3 Å². The standard InChI is InChI=1S/C69H103N23O10/c1-3-39(2)57(92-61(96)52(27-16-32-81-69(77)78)87-60(95)51(26-15-31-80-68(75)76)86-59(94)50(25-14-30-79-67(73)74)85-58(93)46(72)20-10-12-28-70)65(100)91-56(35-42-38-84-49-23-9-6-19-45(42)49)64(99)90-55(34-41-37-83-48-22-8-5-18-44(41)48)63(98)89-54(33-40-36-82-47-21-7-4-17-43(40)47)62(97)88-53(66(101)102)24-11-13-29-71/h4-9,17-19,21-23,36-39,46,50-57,82-84H,3,10-16,20,24-35,70-72H2,1-2H3,(H,85,93)(H,86,94)(H,87,95)(H,88,97)(H,89,98)(H,90,99)(H,91,100)(H,92,96)(H,101,102)(H4,73,74,79)(H4,75,76,80)(H4,77,78,81)/t39-,46-,50-,51-,52-,53-,54-,55-,56-,57-/m0/s1. The van der Waals surface area contributed by atoms with Crippen LogP contribution in [0.3, 0.4) is 0 Å². The second-order valence-corrected chi connectivity index (χ2v) is 25.4. The molecule has 554 valence electrons. The number of carbonyl (C=O) groups excluding carboxylic acids is 8. The van der Waals surface area contributed by atoms with Crippen molar-refractivity contribution in [3.05, 3.63) is 108 Å². The molecular formula is C69H103N23O10. The van der Waals surface area contributed by atoms with Crippen molar-refractivity contribution in [3.8, 4) is 0 Å². The van der Waals surface area contributed by atoms with Crippen LogP contribution in [-0.4, -0.2) is 178 Å². The molecule has 10 atom stereocenters. The van der Waals surface area contributed by atoms with Crippen LogP contribution in [0.5, 0.6) is 0 Å². The van der Waals surface area contributed by atoms with E-state index in [2.05, 4.69) is 72.5 Å². The Bertz CT molecular complexity index is 3850. The van der Waals surface area contributed by atoms with E-state index >= 15 is 19.2 Å². The fourth-order valence-corrected chi connectivity index (χ4v) is 11.8. The lowest BCUT2D eigenvalue weighted by Crippen LogP contribution is -2.61. The zero-order chi connectivity index (χ0) is 74.3. The molecule has 0 aliphatic carbocycles. The van der Waals surface area contributed by atoms with Crippen LogP contribution in [0.4, 0.5) is 0 Å². The number of unbranched alkanes of at least 4 members (excludes halogenated alkanes) is 2. The van der Waals surface area contributed by atoms with E-state index in [1.54, 1.807) is 38.5 Å². The number of hydrogen-bond donors (Lipinski definition) is 21. The molecule has 3 heterocycles. The van der Waals surface area contributed by atoms with Gasteiger partial charge in [-0.1, -0.05) is 81.3 Å². The fraction of sp³-hybridized carbons (Fsp3) is 0.478. The summed E-state index contributed by atoms with van der Waals surface area (Å²) in [5.41, 5.74) is 55.3. The van der Waals surface area contributed by atoms with Gasteiger partial charge in [-0.15, -0.1) is 0 Å². The Morgan fingerprint density at radius 3 is 1.06 bits per heavy atom. The lowest BCUT2D eigenvalue weighted by molar-refractivity contribution is -0.142. The molecule has 0 radical (unpaired) electrons. The minimum Gasteiger partial charge on any atom is -0.480 e. The zero-order valence-electron chi connectivity index (χ0n) is 57.9. The Hall–Kier alpha value is -10.8. The van der Waals surface area contributed by atoms with E-state index in [0.717, 1.165) is 21.8 Å². The van der Waals surface area contributed by atoms with Gasteiger partial charge in [-0.05, 0) is 125 Å². The van der Waals surface area contributed by atoms with E-state index in [-0.39, 0.29) is 108 Å². The zero-order valence-corrected chi connectivity index (χ0v) is 57.9.